The molecular formula is C14H16O2. The number of rotatable bonds is 2. The summed E-state index contributed by atoms with van der Waals surface area (Å²) in [5.41, 5.74) is 0.359. The number of aliphatic hydroxyl groups is 1. The van der Waals surface area contributed by atoms with Crippen LogP contribution in [0.2, 0.25) is 0 Å². The molecule has 2 nitrogen and oxygen atoms in total. The van der Waals surface area contributed by atoms with Crippen molar-refractivity contribution in [2.75, 3.05) is 7.11 Å². The van der Waals surface area contributed by atoms with Gasteiger partial charge >= 0.3 is 0 Å². The Hall–Kier alpha value is -1.28. The summed E-state index contributed by atoms with van der Waals surface area (Å²) in [6, 6.07) is 7.81. The van der Waals surface area contributed by atoms with Crippen LogP contribution in [0, 0.1) is 11.8 Å². The highest BCUT2D eigenvalue weighted by Crippen LogP contribution is 2.53. The standard InChI is InChI=1S/C14H16O2/c1-16-13-8-6-12(7-9-13)14(15)10-2-3-11(14)5-4-10/h2-3,6-11,15H,4-5H2,1H3/t10-,11+,14?. The van der Waals surface area contributed by atoms with Crippen LogP contribution in [0.3, 0.4) is 0 Å². The zero-order valence-electron chi connectivity index (χ0n) is 9.39. The van der Waals surface area contributed by atoms with E-state index in [1.165, 1.54) is 0 Å². The Morgan fingerprint density at radius 1 is 1.12 bits per heavy atom. The van der Waals surface area contributed by atoms with Crippen molar-refractivity contribution in [3.8, 4) is 5.75 Å². The van der Waals surface area contributed by atoms with E-state index in [-0.39, 0.29) is 0 Å². The summed E-state index contributed by atoms with van der Waals surface area (Å²) in [5.74, 6) is 1.43. The summed E-state index contributed by atoms with van der Waals surface area (Å²) in [5, 5.41) is 10.8. The van der Waals surface area contributed by atoms with Crippen molar-refractivity contribution < 1.29 is 9.84 Å². The first kappa shape index (κ1) is 9.91. The third-order valence-electron chi connectivity index (χ3n) is 4.05. The van der Waals surface area contributed by atoms with Crippen LogP contribution in [0.1, 0.15) is 18.4 Å². The monoisotopic (exact) mass is 216 g/mol. The van der Waals surface area contributed by atoms with Crippen molar-refractivity contribution in [2.24, 2.45) is 11.8 Å². The summed E-state index contributed by atoms with van der Waals surface area (Å²) in [6.07, 6.45) is 6.53. The van der Waals surface area contributed by atoms with Crippen LogP contribution >= 0.6 is 0 Å². The first-order chi connectivity index (χ1) is 7.75. The van der Waals surface area contributed by atoms with E-state index in [4.69, 9.17) is 4.74 Å². The quantitative estimate of drug-likeness (QED) is 0.769. The number of methoxy groups -OCH3 is 1. The summed E-state index contributed by atoms with van der Waals surface area (Å²) < 4.78 is 5.14. The minimum absolute atomic E-state index is 0.297. The maximum absolute atomic E-state index is 10.8. The van der Waals surface area contributed by atoms with E-state index in [0.717, 1.165) is 24.2 Å². The molecule has 2 aliphatic rings. The molecule has 0 aromatic heterocycles. The highest BCUT2D eigenvalue weighted by atomic mass is 16.5. The van der Waals surface area contributed by atoms with Gasteiger partial charge in [0.05, 0.1) is 7.11 Å². The Balaban J connectivity index is 1.98. The lowest BCUT2D eigenvalue weighted by Gasteiger charge is -2.29. The van der Waals surface area contributed by atoms with Crippen LogP contribution in [0.5, 0.6) is 5.75 Å². The second-order valence-corrected chi connectivity index (χ2v) is 4.73. The average molecular weight is 216 g/mol. The molecule has 2 aliphatic carbocycles. The van der Waals surface area contributed by atoms with Gasteiger partial charge in [-0.15, -0.1) is 0 Å². The van der Waals surface area contributed by atoms with E-state index < -0.39 is 5.60 Å². The van der Waals surface area contributed by atoms with E-state index >= 15 is 0 Å². The fraction of sp³-hybridized carbons (Fsp3) is 0.429. The fourth-order valence-electron chi connectivity index (χ4n) is 3.11. The molecule has 1 saturated carbocycles. The first-order valence-corrected chi connectivity index (χ1v) is 5.80. The Labute approximate surface area is 95.6 Å². The van der Waals surface area contributed by atoms with Crippen molar-refractivity contribution in [1.82, 2.24) is 0 Å². The number of hydrogen-bond donors (Lipinski definition) is 1. The molecule has 3 rings (SSSR count). The van der Waals surface area contributed by atoms with Gasteiger partial charge in [0.2, 0.25) is 0 Å². The molecular weight excluding hydrogens is 200 g/mol. The van der Waals surface area contributed by atoms with Crippen LogP contribution in [-0.4, -0.2) is 12.2 Å². The molecule has 3 atom stereocenters. The van der Waals surface area contributed by atoms with Gasteiger partial charge in [-0.1, -0.05) is 24.3 Å². The lowest BCUT2D eigenvalue weighted by Crippen LogP contribution is -2.31. The predicted molar refractivity (Wildman–Crippen MR) is 62.2 cm³/mol. The van der Waals surface area contributed by atoms with Gasteiger partial charge in [-0.3, -0.25) is 0 Å². The topological polar surface area (TPSA) is 29.5 Å². The van der Waals surface area contributed by atoms with E-state index in [0.29, 0.717) is 11.8 Å². The van der Waals surface area contributed by atoms with Gasteiger partial charge in [0.15, 0.2) is 0 Å². The smallest absolute Gasteiger partial charge is 0.118 e. The van der Waals surface area contributed by atoms with Crippen LogP contribution in [0.25, 0.3) is 0 Å². The van der Waals surface area contributed by atoms with E-state index in [9.17, 15) is 5.11 Å². The minimum Gasteiger partial charge on any atom is -0.497 e. The maximum Gasteiger partial charge on any atom is 0.118 e. The molecule has 0 amide bonds. The van der Waals surface area contributed by atoms with Crippen LogP contribution < -0.4 is 4.74 Å². The molecule has 0 saturated heterocycles. The van der Waals surface area contributed by atoms with Gasteiger partial charge in [-0.2, -0.15) is 0 Å². The third-order valence-corrected chi connectivity index (χ3v) is 4.05. The van der Waals surface area contributed by atoms with Crippen molar-refractivity contribution in [1.29, 1.82) is 0 Å². The zero-order chi connectivity index (χ0) is 11.2. The van der Waals surface area contributed by atoms with Gasteiger partial charge in [0.25, 0.3) is 0 Å². The highest BCUT2D eigenvalue weighted by Gasteiger charge is 2.51. The zero-order valence-corrected chi connectivity index (χ0v) is 9.39. The summed E-state index contributed by atoms with van der Waals surface area (Å²) in [6.45, 7) is 0. The molecule has 84 valence electrons. The van der Waals surface area contributed by atoms with Crippen LogP contribution in [-0.2, 0) is 5.60 Å². The van der Waals surface area contributed by atoms with Crippen molar-refractivity contribution in [3.63, 3.8) is 0 Å². The normalized spacial score (nSPS) is 35.6. The number of hydrogen-bond acceptors (Lipinski definition) is 2. The van der Waals surface area contributed by atoms with Gasteiger partial charge in [-0.05, 0) is 30.5 Å². The molecule has 0 aliphatic heterocycles. The Morgan fingerprint density at radius 2 is 1.69 bits per heavy atom. The van der Waals surface area contributed by atoms with E-state index in [2.05, 4.69) is 12.2 Å². The second-order valence-electron chi connectivity index (χ2n) is 4.73. The van der Waals surface area contributed by atoms with Crippen molar-refractivity contribution >= 4 is 0 Å². The SMILES string of the molecule is COc1ccc(C2(O)[C@@H]3C=C[C@H]2CC3)cc1. The number of fused-ring (bicyclic) bond motifs is 2. The summed E-state index contributed by atoms with van der Waals surface area (Å²) in [4.78, 5) is 0. The van der Waals surface area contributed by atoms with Crippen LogP contribution in [0.15, 0.2) is 36.4 Å². The average Bonchev–Trinajstić information content (AvgIpc) is 2.84. The van der Waals surface area contributed by atoms with E-state index in [1.807, 2.05) is 24.3 Å². The molecule has 16 heavy (non-hydrogen) atoms. The maximum atomic E-state index is 10.8. The van der Waals surface area contributed by atoms with E-state index in [1.54, 1.807) is 7.11 Å². The number of ether oxygens (including phenoxy) is 1. The van der Waals surface area contributed by atoms with Crippen molar-refractivity contribution in [2.45, 2.75) is 18.4 Å². The van der Waals surface area contributed by atoms with Gasteiger partial charge in [0.1, 0.15) is 11.4 Å². The Kier molecular flexibility index (Phi) is 2.08. The number of benzene rings is 1. The molecule has 1 aromatic rings. The lowest BCUT2D eigenvalue weighted by molar-refractivity contribution is -0.00183. The molecule has 1 unspecified atom stereocenters. The van der Waals surface area contributed by atoms with Gasteiger partial charge < -0.3 is 9.84 Å². The lowest BCUT2D eigenvalue weighted by atomic mass is 9.83. The Bertz CT molecular complexity index is 405. The minimum atomic E-state index is -0.660. The highest BCUT2D eigenvalue weighted by molar-refractivity contribution is 5.37. The van der Waals surface area contributed by atoms with Gasteiger partial charge in [0, 0.05) is 11.8 Å². The molecule has 0 radical (unpaired) electrons. The Morgan fingerprint density at radius 3 is 2.12 bits per heavy atom. The largest absolute Gasteiger partial charge is 0.497 e. The molecule has 0 spiro atoms. The second kappa shape index (κ2) is 3.36. The molecule has 1 N–H and O–H groups in total. The first-order valence-electron chi connectivity index (χ1n) is 5.80. The molecule has 1 fully saturated rings. The van der Waals surface area contributed by atoms with Crippen LogP contribution in [0.4, 0.5) is 0 Å². The third kappa shape index (κ3) is 1.17. The van der Waals surface area contributed by atoms with Gasteiger partial charge in [-0.25, -0.2) is 0 Å². The molecule has 1 aromatic carbocycles. The molecule has 2 bridgehead atoms. The molecule has 0 heterocycles. The summed E-state index contributed by atoms with van der Waals surface area (Å²) >= 11 is 0. The fourth-order valence-corrected chi connectivity index (χ4v) is 3.11. The van der Waals surface area contributed by atoms with Crippen molar-refractivity contribution in [3.05, 3.63) is 42.0 Å². The predicted octanol–water partition coefficient (Wildman–Crippen LogP) is 2.48. The summed E-state index contributed by atoms with van der Waals surface area (Å²) in [7, 11) is 1.66. The molecule has 2 heteroatoms.